The van der Waals surface area contributed by atoms with E-state index in [4.69, 9.17) is 0 Å². The van der Waals surface area contributed by atoms with Gasteiger partial charge in [0.25, 0.3) is 5.56 Å². The number of amides is 1. The molecule has 1 aromatic heterocycles. The summed E-state index contributed by atoms with van der Waals surface area (Å²) in [6.45, 7) is 5.92. The van der Waals surface area contributed by atoms with Crippen molar-refractivity contribution in [2.24, 2.45) is 5.41 Å². The average molecular weight is 385 g/mol. The van der Waals surface area contributed by atoms with Gasteiger partial charge in [-0.2, -0.15) is 0 Å². The normalized spacial score (nSPS) is 11.6. The number of nitrogens with zero attached hydrogens (tertiary/aromatic N) is 2. The van der Waals surface area contributed by atoms with E-state index in [-0.39, 0.29) is 28.6 Å². The van der Waals surface area contributed by atoms with E-state index in [0.717, 1.165) is 4.68 Å². The highest BCUT2D eigenvalue weighted by Crippen LogP contribution is 2.20. The Balaban J connectivity index is 1.99. The summed E-state index contributed by atoms with van der Waals surface area (Å²) in [6.07, 6.45) is 0.370. The summed E-state index contributed by atoms with van der Waals surface area (Å²) in [4.78, 5) is 29.8. The van der Waals surface area contributed by atoms with Gasteiger partial charge in [-0.3, -0.25) is 15.0 Å². The minimum absolute atomic E-state index is 0.0247. The summed E-state index contributed by atoms with van der Waals surface area (Å²) in [7, 11) is 0. The van der Waals surface area contributed by atoms with E-state index >= 15 is 0 Å². The van der Waals surface area contributed by atoms with Gasteiger partial charge < -0.3 is 0 Å². The van der Waals surface area contributed by atoms with Crippen LogP contribution >= 0.6 is 0 Å². The number of hydrogen-bond donors (Lipinski definition) is 1. The molecule has 0 saturated heterocycles. The molecule has 0 fully saturated rings. The van der Waals surface area contributed by atoms with Gasteiger partial charge in [-0.05, 0) is 35.2 Å². The zero-order valence-corrected chi connectivity index (χ0v) is 15.9. The first kappa shape index (κ1) is 19.7. The van der Waals surface area contributed by atoms with Crippen LogP contribution in [0.4, 0.5) is 8.78 Å². The van der Waals surface area contributed by atoms with E-state index in [1.165, 1.54) is 42.5 Å². The highest BCUT2D eigenvalue weighted by molar-refractivity contribution is 5.86. The lowest BCUT2D eigenvalue weighted by Gasteiger charge is -2.21. The molecule has 0 unspecified atom stereocenters. The molecule has 146 valence electrons. The molecule has 1 amide bonds. The topological polar surface area (TPSA) is 64.0 Å². The molecular weight excluding hydrogens is 364 g/mol. The van der Waals surface area contributed by atoms with Crippen molar-refractivity contribution in [2.45, 2.75) is 33.6 Å². The number of rotatable bonds is 4. The largest absolute Gasteiger partial charge is 0.280 e. The zero-order valence-electron chi connectivity index (χ0n) is 15.9. The summed E-state index contributed by atoms with van der Waals surface area (Å²) < 4.78 is 27.7. The Bertz CT molecular complexity index is 1080. The molecular formula is C21H21F2N3O2. The molecule has 0 atom stereocenters. The van der Waals surface area contributed by atoms with Crippen LogP contribution in [0.5, 0.6) is 0 Å². The van der Waals surface area contributed by atoms with Crippen LogP contribution in [0.1, 0.15) is 32.2 Å². The zero-order chi connectivity index (χ0) is 20.5. The van der Waals surface area contributed by atoms with Gasteiger partial charge in [-0.1, -0.05) is 32.9 Å². The fraction of sp³-hybridized carbons (Fsp3) is 0.286. The Hall–Kier alpha value is -3.09. The number of aromatic nitrogens is 2. The molecule has 0 aliphatic carbocycles. The van der Waals surface area contributed by atoms with Gasteiger partial charge in [-0.15, -0.1) is 0 Å². The predicted molar refractivity (Wildman–Crippen MR) is 104 cm³/mol. The van der Waals surface area contributed by atoms with Crippen molar-refractivity contribution >= 4 is 16.8 Å². The van der Waals surface area contributed by atoms with E-state index in [0.29, 0.717) is 17.8 Å². The Morgan fingerprint density at radius 1 is 1.07 bits per heavy atom. The highest BCUT2D eigenvalue weighted by Gasteiger charge is 2.20. The number of hydrogen-bond acceptors (Lipinski definition) is 3. The van der Waals surface area contributed by atoms with E-state index in [1.807, 2.05) is 20.8 Å². The van der Waals surface area contributed by atoms with Crippen LogP contribution in [0.25, 0.3) is 10.9 Å². The van der Waals surface area contributed by atoms with Crippen LogP contribution in [-0.4, -0.2) is 15.6 Å². The summed E-state index contributed by atoms with van der Waals surface area (Å²) in [6, 6.07) is 9.29. The SMILES string of the molecule is CC(C)(C)Cc1nc2cc(F)ccc2c(=O)n1NC(=O)Cc1ccc(F)cc1. The van der Waals surface area contributed by atoms with Crippen LogP contribution < -0.4 is 11.0 Å². The number of carbonyl (C=O) groups is 1. The molecule has 0 bridgehead atoms. The van der Waals surface area contributed by atoms with E-state index in [2.05, 4.69) is 10.4 Å². The van der Waals surface area contributed by atoms with Crippen LogP contribution in [0.3, 0.4) is 0 Å². The van der Waals surface area contributed by atoms with Crippen LogP contribution in [0, 0.1) is 17.0 Å². The third kappa shape index (κ3) is 4.60. The molecule has 3 rings (SSSR count). The first-order valence-electron chi connectivity index (χ1n) is 8.88. The van der Waals surface area contributed by atoms with E-state index in [9.17, 15) is 18.4 Å². The molecule has 0 aliphatic rings. The Labute approximate surface area is 161 Å². The summed E-state index contributed by atoms with van der Waals surface area (Å²) in [5, 5.41) is 0.209. The summed E-state index contributed by atoms with van der Waals surface area (Å²) in [5.41, 5.74) is 2.75. The molecule has 0 aliphatic heterocycles. The molecule has 0 saturated carbocycles. The monoisotopic (exact) mass is 385 g/mol. The fourth-order valence-electron chi connectivity index (χ4n) is 2.86. The molecule has 7 heteroatoms. The number of carbonyl (C=O) groups excluding carboxylic acids is 1. The van der Waals surface area contributed by atoms with Gasteiger partial charge in [0.1, 0.15) is 17.5 Å². The molecule has 3 aromatic rings. The standard InChI is InChI=1S/C21H21F2N3O2/c1-21(2,3)12-18-24-17-11-15(23)8-9-16(17)20(28)26(18)25-19(27)10-13-4-6-14(22)7-5-13/h4-9,11H,10,12H2,1-3H3,(H,25,27). The smallest absolute Gasteiger partial charge is 0.273 e. The number of halogens is 2. The first-order valence-corrected chi connectivity index (χ1v) is 8.88. The molecule has 28 heavy (non-hydrogen) atoms. The van der Waals surface area contributed by atoms with Crippen molar-refractivity contribution in [2.75, 3.05) is 5.43 Å². The molecule has 0 spiro atoms. The Morgan fingerprint density at radius 2 is 1.71 bits per heavy atom. The highest BCUT2D eigenvalue weighted by atomic mass is 19.1. The van der Waals surface area contributed by atoms with Gasteiger partial charge in [-0.25, -0.2) is 18.4 Å². The second-order valence-corrected chi connectivity index (χ2v) is 7.91. The summed E-state index contributed by atoms with van der Waals surface area (Å²) >= 11 is 0. The van der Waals surface area contributed by atoms with E-state index < -0.39 is 17.3 Å². The maximum atomic E-state index is 13.6. The lowest BCUT2D eigenvalue weighted by atomic mass is 9.92. The lowest BCUT2D eigenvalue weighted by Crippen LogP contribution is -2.38. The number of nitrogens with one attached hydrogen (secondary N) is 1. The van der Waals surface area contributed by atoms with Crippen LogP contribution in [0.2, 0.25) is 0 Å². The van der Waals surface area contributed by atoms with E-state index in [1.54, 1.807) is 0 Å². The van der Waals surface area contributed by atoms with Gasteiger partial charge in [0, 0.05) is 12.5 Å². The van der Waals surface area contributed by atoms with Crippen molar-refractivity contribution in [3.63, 3.8) is 0 Å². The molecule has 5 nitrogen and oxygen atoms in total. The minimum atomic E-state index is -0.487. The maximum Gasteiger partial charge on any atom is 0.280 e. The summed E-state index contributed by atoms with van der Waals surface area (Å²) in [5.74, 6) is -0.979. The quantitative estimate of drug-likeness (QED) is 0.747. The van der Waals surface area contributed by atoms with Gasteiger partial charge in [0.15, 0.2) is 0 Å². The van der Waals surface area contributed by atoms with Crippen molar-refractivity contribution in [3.8, 4) is 0 Å². The second-order valence-electron chi connectivity index (χ2n) is 7.91. The number of fused-ring (bicyclic) bond motifs is 1. The van der Waals surface area contributed by atoms with Crippen molar-refractivity contribution in [1.82, 2.24) is 9.66 Å². The second kappa shape index (κ2) is 7.50. The maximum absolute atomic E-state index is 13.6. The van der Waals surface area contributed by atoms with Crippen LogP contribution in [0.15, 0.2) is 47.3 Å². The molecule has 0 radical (unpaired) electrons. The molecule has 1 heterocycles. The Morgan fingerprint density at radius 3 is 2.36 bits per heavy atom. The molecule has 2 aromatic carbocycles. The van der Waals surface area contributed by atoms with Crippen molar-refractivity contribution in [3.05, 3.63) is 75.8 Å². The fourth-order valence-corrected chi connectivity index (χ4v) is 2.86. The van der Waals surface area contributed by atoms with Gasteiger partial charge >= 0.3 is 0 Å². The molecule has 1 N–H and O–H groups in total. The van der Waals surface area contributed by atoms with Gasteiger partial charge in [0.05, 0.1) is 17.3 Å². The average Bonchev–Trinajstić information content (AvgIpc) is 2.59. The van der Waals surface area contributed by atoms with Gasteiger partial charge in [0.2, 0.25) is 5.91 Å². The van der Waals surface area contributed by atoms with Crippen molar-refractivity contribution in [1.29, 1.82) is 0 Å². The predicted octanol–water partition coefficient (Wildman–Crippen LogP) is 3.58. The minimum Gasteiger partial charge on any atom is -0.273 e. The van der Waals surface area contributed by atoms with Crippen molar-refractivity contribution < 1.29 is 13.6 Å². The Kier molecular flexibility index (Phi) is 5.27. The van der Waals surface area contributed by atoms with Crippen LogP contribution in [-0.2, 0) is 17.6 Å². The lowest BCUT2D eigenvalue weighted by molar-refractivity contribution is -0.116. The first-order chi connectivity index (χ1) is 13.1. The third-order valence-corrected chi connectivity index (χ3v) is 4.10. The third-order valence-electron chi connectivity index (χ3n) is 4.10. The number of benzene rings is 2.